The molecule has 1 saturated heterocycles. The molecule has 0 spiro atoms. The molecule has 4 N–H and O–H groups in total. The van der Waals surface area contributed by atoms with Crippen molar-refractivity contribution in [3.63, 3.8) is 0 Å². The first-order valence-electron chi connectivity index (χ1n) is 12.2. The molecule has 0 saturated carbocycles. The third kappa shape index (κ3) is 6.19. The average molecular weight is 507 g/mol. The summed E-state index contributed by atoms with van der Waals surface area (Å²) in [5.41, 5.74) is 2.50. The summed E-state index contributed by atoms with van der Waals surface area (Å²) >= 11 is 0. The van der Waals surface area contributed by atoms with Gasteiger partial charge in [-0.25, -0.2) is 14.8 Å². The number of nitrogens with zero attached hydrogens (tertiary/aromatic N) is 4. The van der Waals surface area contributed by atoms with E-state index in [-0.39, 0.29) is 30.0 Å². The monoisotopic (exact) mass is 506 g/mol. The lowest BCUT2D eigenvalue weighted by atomic mass is 10.0. The Labute approximate surface area is 214 Å². The lowest BCUT2D eigenvalue weighted by molar-refractivity contribution is -0.122. The minimum absolute atomic E-state index is 0.0981. The van der Waals surface area contributed by atoms with Gasteiger partial charge in [-0.3, -0.25) is 19.8 Å². The van der Waals surface area contributed by atoms with Crippen molar-refractivity contribution >= 4 is 35.5 Å². The summed E-state index contributed by atoms with van der Waals surface area (Å²) < 4.78 is 5.03. The number of fused-ring (bicyclic) bond motifs is 1. The second-order valence-corrected chi connectivity index (χ2v) is 8.83. The average Bonchev–Trinajstić information content (AvgIpc) is 3.46. The molecule has 12 heteroatoms. The number of aryl methyl sites for hydroxylation is 1. The lowest BCUT2D eigenvalue weighted by Gasteiger charge is -2.29. The van der Waals surface area contributed by atoms with Gasteiger partial charge in [0.25, 0.3) is 0 Å². The minimum Gasteiger partial charge on any atom is -0.383 e. The van der Waals surface area contributed by atoms with Gasteiger partial charge in [0.15, 0.2) is 6.29 Å². The van der Waals surface area contributed by atoms with E-state index >= 15 is 0 Å². The number of rotatable bonds is 9. The van der Waals surface area contributed by atoms with Crippen LogP contribution < -0.4 is 26.2 Å². The molecular formula is C25H30N8O4. The molecule has 0 radical (unpaired) electrons. The molecular weight excluding hydrogens is 476 g/mol. The predicted octanol–water partition coefficient (Wildman–Crippen LogP) is 1.57. The van der Waals surface area contributed by atoms with Crippen LogP contribution in [0.5, 0.6) is 0 Å². The fourth-order valence-electron chi connectivity index (χ4n) is 4.44. The molecule has 2 aromatic heterocycles. The van der Waals surface area contributed by atoms with Crippen LogP contribution in [0.25, 0.3) is 0 Å². The second-order valence-electron chi connectivity index (χ2n) is 8.83. The number of aromatic nitrogens is 2. The van der Waals surface area contributed by atoms with Crippen molar-refractivity contribution in [2.45, 2.75) is 38.3 Å². The SMILES string of the molecule is COCCNc1cc(NC(=O)N2CCCc3cc(CNC(=O)C4CCCN4)c(C=O)nc32)ncc1C#N. The molecule has 1 fully saturated rings. The summed E-state index contributed by atoms with van der Waals surface area (Å²) in [6.45, 7) is 2.36. The van der Waals surface area contributed by atoms with Gasteiger partial charge in [0, 0.05) is 44.6 Å². The first-order valence-corrected chi connectivity index (χ1v) is 12.2. The van der Waals surface area contributed by atoms with Gasteiger partial charge in [-0.15, -0.1) is 0 Å². The van der Waals surface area contributed by atoms with Gasteiger partial charge in [-0.2, -0.15) is 5.26 Å². The lowest BCUT2D eigenvalue weighted by Crippen LogP contribution is -2.41. The Morgan fingerprint density at radius 1 is 1.35 bits per heavy atom. The summed E-state index contributed by atoms with van der Waals surface area (Å²) in [4.78, 5) is 47.5. The summed E-state index contributed by atoms with van der Waals surface area (Å²) in [5, 5.41) is 21.2. The summed E-state index contributed by atoms with van der Waals surface area (Å²) in [6, 6.07) is 4.84. The van der Waals surface area contributed by atoms with Crippen LogP contribution in [-0.4, -0.2) is 67.6 Å². The van der Waals surface area contributed by atoms with Crippen LogP contribution in [0, 0.1) is 11.3 Å². The Balaban J connectivity index is 1.49. The van der Waals surface area contributed by atoms with Crippen LogP contribution in [-0.2, 0) is 22.5 Å². The molecule has 194 valence electrons. The molecule has 0 aliphatic carbocycles. The molecule has 4 rings (SSSR count). The van der Waals surface area contributed by atoms with Crippen molar-refractivity contribution in [3.8, 4) is 6.07 Å². The normalized spacial score (nSPS) is 16.4. The Morgan fingerprint density at radius 3 is 2.95 bits per heavy atom. The summed E-state index contributed by atoms with van der Waals surface area (Å²) in [5.74, 6) is 0.580. The highest BCUT2D eigenvalue weighted by Gasteiger charge is 2.27. The molecule has 0 aromatic carbocycles. The van der Waals surface area contributed by atoms with Crippen molar-refractivity contribution in [1.82, 2.24) is 20.6 Å². The standard InChI is InChI=1S/C25H30N8O4/c1-37-9-7-28-20-11-22(29-14-18(20)12-26)32-25(36)33-8-3-4-16-10-17(21(15-34)31-23(16)33)13-30-24(35)19-5-2-6-27-19/h10-11,14-15,19,27H,2-9,13H2,1H3,(H,30,35)(H2,28,29,32,36). The highest BCUT2D eigenvalue weighted by atomic mass is 16.5. The number of carbonyl (C=O) groups is 3. The maximum Gasteiger partial charge on any atom is 0.328 e. The third-order valence-corrected chi connectivity index (χ3v) is 6.34. The van der Waals surface area contributed by atoms with Crippen LogP contribution in [0.3, 0.4) is 0 Å². The number of ether oxygens (including phenoxy) is 1. The number of pyridine rings is 2. The number of hydrogen-bond acceptors (Lipinski definition) is 9. The number of aldehydes is 1. The Hall–Kier alpha value is -4.08. The number of hydrogen-bond donors (Lipinski definition) is 4. The van der Waals surface area contributed by atoms with Crippen molar-refractivity contribution in [2.75, 3.05) is 48.9 Å². The second kappa shape index (κ2) is 12.2. The zero-order valence-corrected chi connectivity index (χ0v) is 20.7. The molecule has 2 aromatic rings. The van der Waals surface area contributed by atoms with E-state index in [1.807, 2.05) is 6.07 Å². The smallest absolute Gasteiger partial charge is 0.328 e. The number of carbonyl (C=O) groups excluding carboxylic acids is 3. The molecule has 4 heterocycles. The van der Waals surface area contributed by atoms with E-state index < -0.39 is 6.03 Å². The van der Waals surface area contributed by atoms with Gasteiger partial charge in [0.2, 0.25) is 5.91 Å². The zero-order valence-electron chi connectivity index (χ0n) is 20.7. The molecule has 0 bridgehead atoms. The van der Waals surface area contributed by atoms with E-state index in [1.165, 1.54) is 11.1 Å². The Morgan fingerprint density at radius 2 is 2.22 bits per heavy atom. The van der Waals surface area contributed by atoms with Gasteiger partial charge in [-0.1, -0.05) is 0 Å². The molecule has 2 aliphatic rings. The van der Waals surface area contributed by atoms with Gasteiger partial charge in [0.05, 0.1) is 23.9 Å². The number of nitrogens with one attached hydrogen (secondary N) is 4. The van der Waals surface area contributed by atoms with Crippen LogP contribution in [0.2, 0.25) is 0 Å². The third-order valence-electron chi connectivity index (χ3n) is 6.34. The van der Waals surface area contributed by atoms with Crippen molar-refractivity contribution in [1.29, 1.82) is 5.26 Å². The van der Waals surface area contributed by atoms with Crippen molar-refractivity contribution in [3.05, 3.63) is 40.7 Å². The molecule has 12 nitrogen and oxygen atoms in total. The molecule has 37 heavy (non-hydrogen) atoms. The van der Waals surface area contributed by atoms with E-state index in [0.29, 0.717) is 61.5 Å². The molecule has 2 aliphatic heterocycles. The van der Waals surface area contributed by atoms with Gasteiger partial charge >= 0.3 is 6.03 Å². The number of amides is 3. The van der Waals surface area contributed by atoms with Crippen LogP contribution >= 0.6 is 0 Å². The van der Waals surface area contributed by atoms with E-state index in [2.05, 4.69) is 37.3 Å². The van der Waals surface area contributed by atoms with Gasteiger partial charge in [-0.05, 0) is 43.9 Å². The predicted molar refractivity (Wildman–Crippen MR) is 136 cm³/mol. The van der Waals surface area contributed by atoms with E-state index in [1.54, 1.807) is 13.2 Å². The first-order chi connectivity index (χ1) is 18.0. The van der Waals surface area contributed by atoms with Crippen LogP contribution in [0.4, 0.5) is 22.1 Å². The molecule has 1 unspecified atom stereocenters. The Kier molecular flexibility index (Phi) is 8.60. The van der Waals surface area contributed by atoms with Crippen LogP contribution in [0.1, 0.15) is 46.4 Å². The van der Waals surface area contributed by atoms with E-state index in [4.69, 9.17) is 4.74 Å². The number of urea groups is 1. The number of methoxy groups -OCH3 is 1. The molecule has 3 amide bonds. The summed E-state index contributed by atoms with van der Waals surface area (Å²) in [7, 11) is 1.58. The topological polar surface area (TPSA) is 161 Å². The van der Waals surface area contributed by atoms with Gasteiger partial charge < -0.3 is 20.7 Å². The zero-order chi connectivity index (χ0) is 26.2. The molecule has 1 atom stereocenters. The number of anilines is 3. The largest absolute Gasteiger partial charge is 0.383 e. The van der Waals surface area contributed by atoms with Gasteiger partial charge in [0.1, 0.15) is 23.4 Å². The van der Waals surface area contributed by atoms with E-state index in [9.17, 15) is 19.6 Å². The number of nitriles is 1. The quantitative estimate of drug-likeness (QED) is 0.292. The highest BCUT2D eigenvalue weighted by molar-refractivity contribution is 6.02. The minimum atomic E-state index is -0.446. The van der Waals surface area contributed by atoms with E-state index in [0.717, 1.165) is 24.9 Å². The maximum atomic E-state index is 13.2. The highest BCUT2D eigenvalue weighted by Crippen LogP contribution is 2.28. The fraction of sp³-hybridized carbons (Fsp3) is 0.440. The van der Waals surface area contributed by atoms with Crippen molar-refractivity contribution < 1.29 is 19.1 Å². The first kappa shape index (κ1) is 26.0. The fourth-order valence-corrected chi connectivity index (χ4v) is 4.44. The summed E-state index contributed by atoms with van der Waals surface area (Å²) in [6.07, 6.45) is 5.18. The maximum absolute atomic E-state index is 13.2. The van der Waals surface area contributed by atoms with Crippen molar-refractivity contribution in [2.24, 2.45) is 0 Å². The Bertz CT molecular complexity index is 1210. The van der Waals surface area contributed by atoms with Crippen LogP contribution in [0.15, 0.2) is 18.3 Å².